The van der Waals surface area contributed by atoms with Gasteiger partial charge in [0.15, 0.2) is 11.1 Å². The molecule has 3 N–H and O–H groups in total. The van der Waals surface area contributed by atoms with Gasteiger partial charge in [0, 0.05) is 40.4 Å². The van der Waals surface area contributed by atoms with E-state index in [2.05, 4.69) is 32.0 Å². The molecule has 0 atom stereocenters. The van der Waals surface area contributed by atoms with Crippen LogP contribution in [0.4, 0.5) is 5.13 Å². The Bertz CT molecular complexity index is 699. The van der Waals surface area contributed by atoms with Gasteiger partial charge in [0.25, 0.3) is 0 Å². The third kappa shape index (κ3) is 6.18. The molecule has 0 bridgehead atoms. The minimum absolute atomic E-state index is 0. The second kappa shape index (κ2) is 11.0. The van der Waals surface area contributed by atoms with E-state index in [4.69, 9.17) is 4.74 Å². The lowest BCUT2D eigenvalue weighted by atomic mass is 9.67. The predicted octanol–water partition coefficient (Wildman–Crippen LogP) is 3.70. The van der Waals surface area contributed by atoms with E-state index in [9.17, 15) is 0 Å². The number of hydrogen-bond donors (Lipinski definition) is 3. The van der Waals surface area contributed by atoms with E-state index in [0.717, 1.165) is 49.3 Å². The van der Waals surface area contributed by atoms with Crippen LogP contribution in [0.25, 0.3) is 10.2 Å². The van der Waals surface area contributed by atoms with Gasteiger partial charge in [0.1, 0.15) is 0 Å². The first-order chi connectivity index (χ1) is 12.7. The summed E-state index contributed by atoms with van der Waals surface area (Å²) < 4.78 is 6.47. The summed E-state index contributed by atoms with van der Waals surface area (Å²) in [5.41, 5.74) is 1.43. The van der Waals surface area contributed by atoms with Gasteiger partial charge in [-0.05, 0) is 36.8 Å². The van der Waals surface area contributed by atoms with Gasteiger partial charge in [0.05, 0.1) is 10.2 Å². The van der Waals surface area contributed by atoms with Crippen molar-refractivity contribution in [3.63, 3.8) is 0 Å². The highest BCUT2D eigenvalue weighted by molar-refractivity contribution is 14.0. The fourth-order valence-electron chi connectivity index (χ4n) is 3.30. The summed E-state index contributed by atoms with van der Waals surface area (Å²) in [4.78, 5) is 8.92. The van der Waals surface area contributed by atoms with Gasteiger partial charge in [-0.1, -0.05) is 29.9 Å². The Morgan fingerprint density at radius 2 is 2.07 bits per heavy atom. The molecule has 1 aliphatic rings. The van der Waals surface area contributed by atoms with E-state index >= 15 is 0 Å². The van der Waals surface area contributed by atoms with Crippen molar-refractivity contribution in [1.29, 1.82) is 0 Å². The second-order valence-electron chi connectivity index (χ2n) is 6.86. The summed E-state index contributed by atoms with van der Waals surface area (Å²) in [6, 6.07) is 8.20. The van der Waals surface area contributed by atoms with Crippen molar-refractivity contribution in [2.75, 3.05) is 45.7 Å². The summed E-state index contributed by atoms with van der Waals surface area (Å²) in [6.45, 7) is 3.39. The van der Waals surface area contributed by atoms with Crippen LogP contribution in [0.2, 0.25) is 0 Å². The Morgan fingerprint density at radius 3 is 2.74 bits per heavy atom. The van der Waals surface area contributed by atoms with E-state index in [1.165, 1.54) is 24.0 Å². The molecule has 150 valence electrons. The number of ether oxygens (including phenoxy) is 1. The zero-order valence-electron chi connectivity index (χ0n) is 16.1. The van der Waals surface area contributed by atoms with Crippen molar-refractivity contribution >= 4 is 56.6 Å². The summed E-state index contributed by atoms with van der Waals surface area (Å²) in [6.07, 6.45) is 5.00. The number of nitrogens with zero attached hydrogens (tertiary/aromatic N) is 2. The van der Waals surface area contributed by atoms with Crippen LogP contribution in [-0.2, 0) is 4.74 Å². The van der Waals surface area contributed by atoms with Crippen molar-refractivity contribution in [1.82, 2.24) is 15.6 Å². The second-order valence-corrected chi connectivity index (χ2v) is 7.89. The molecule has 0 aliphatic heterocycles. The van der Waals surface area contributed by atoms with Crippen molar-refractivity contribution in [3.8, 4) is 0 Å². The van der Waals surface area contributed by atoms with Crippen molar-refractivity contribution in [2.24, 2.45) is 10.4 Å². The van der Waals surface area contributed by atoms with Crippen LogP contribution >= 0.6 is 35.3 Å². The van der Waals surface area contributed by atoms with Gasteiger partial charge in [-0.15, -0.1) is 24.0 Å². The third-order valence-electron chi connectivity index (χ3n) is 5.09. The van der Waals surface area contributed by atoms with Crippen molar-refractivity contribution in [2.45, 2.75) is 25.7 Å². The van der Waals surface area contributed by atoms with Gasteiger partial charge < -0.3 is 20.7 Å². The standard InChI is InChI=1S/C19H29N5OS.HI/c1-20-17(23-14-19(8-5-9-19)10-13-25-2)21-11-12-22-18-24-15-6-3-4-7-16(15)26-18;/h3-4,6-7H,5,8-14H2,1-2H3,(H,22,24)(H2,20,21,23);1H. The summed E-state index contributed by atoms with van der Waals surface area (Å²) >= 11 is 1.69. The Kier molecular flexibility index (Phi) is 9.04. The highest BCUT2D eigenvalue weighted by atomic mass is 127. The molecule has 1 aromatic carbocycles. The molecule has 3 rings (SSSR count). The number of anilines is 1. The molecule has 27 heavy (non-hydrogen) atoms. The molecular formula is C19H30IN5OS. The molecule has 1 aromatic heterocycles. The SMILES string of the molecule is CN=C(NCCNc1nc2ccccc2s1)NCC1(CCOC)CCC1.I. The smallest absolute Gasteiger partial charge is 0.191 e. The van der Waals surface area contributed by atoms with Crippen molar-refractivity contribution < 1.29 is 4.74 Å². The van der Waals surface area contributed by atoms with Gasteiger partial charge in [-0.25, -0.2) is 4.98 Å². The zero-order valence-corrected chi connectivity index (χ0v) is 19.2. The fourth-order valence-corrected chi connectivity index (χ4v) is 4.19. The molecular weight excluding hydrogens is 473 g/mol. The normalized spacial score (nSPS) is 15.7. The van der Waals surface area contributed by atoms with E-state index in [-0.39, 0.29) is 24.0 Å². The first-order valence-corrected chi connectivity index (χ1v) is 10.1. The minimum atomic E-state index is 0. The number of aliphatic imine (C=N–C) groups is 1. The summed E-state index contributed by atoms with van der Waals surface area (Å²) in [7, 11) is 3.59. The maximum absolute atomic E-state index is 5.26. The third-order valence-corrected chi connectivity index (χ3v) is 6.09. The van der Waals surface area contributed by atoms with E-state index < -0.39 is 0 Å². The lowest BCUT2D eigenvalue weighted by Crippen LogP contribution is -2.47. The Balaban J connectivity index is 0.00000261. The van der Waals surface area contributed by atoms with Gasteiger partial charge in [-0.2, -0.15) is 0 Å². The molecule has 1 heterocycles. The Morgan fingerprint density at radius 1 is 1.26 bits per heavy atom. The lowest BCUT2D eigenvalue weighted by Gasteiger charge is -2.42. The average Bonchev–Trinajstić information content (AvgIpc) is 3.05. The number of hydrogen-bond acceptors (Lipinski definition) is 5. The Hall–Kier alpha value is -1.13. The molecule has 1 aliphatic carbocycles. The first-order valence-electron chi connectivity index (χ1n) is 9.28. The van der Waals surface area contributed by atoms with E-state index in [1.807, 2.05) is 25.2 Å². The first kappa shape index (κ1) is 22.2. The van der Waals surface area contributed by atoms with E-state index in [1.54, 1.807) is 18.4 Å². The fraction of sp³-hybridized carbons (Fsp3) is 0.579. The number of nitrogens with one attached hydrogen (secondary N) is 3. The number of benzene rings is 1. The maximum atomic E-state index is 5.26. The van der Waals surface area contributed by atoms with Gasteiger partial charge in [0.2, 0.25) is 0 Å². The molecule has 0 spiro atoms. The molecule has 0 saturated heterocycles. The van der Waals surface area contributed by atoms with Crippen LogP contribution < -0.4 is 16.0 Å². The Labute approximate surface area is 182 Å². The highest BCUT2D eigenvalue weighted by Gasteiger charge is 2.36. The van der Waals surface area contributed by atoms with E-state index in [0.29, 0.717) is 5.41 Å². The summed E-state index contributed by atoms with van der Waals surface area (Å²) in [5.74, 6) is 0.861. The topological polar surface area (TPSA) is 70.6 Å². The summed E-state index contributed by atoms with van der Waals surface area (Å²) in [5, 5.41) is 11.2. The van der Waals surface area contributed by atoms with Crippen molar-refractivity contribution in [3.05, 3.63) is 24.3 Å². The molecule has 0 amide bonds. The van der Waals surface area contributed by atoms with Crippen LogP contribution in [0.5, 0.6) is 0 Å². The molecule has 8 heteroatoms. The molecule has 1 saturated carbocycles. The highest BCUT2D eigenvalue weighted by Crippen LogP contribution is 2.43. The molecule has 0 radical (unpaired) electrons. The number of fused-ring (bicyclic) bond motifs is 1. The van der Waals surface area contributed by atoms with Crippen LogP contribution in [0.1, 0.15) is 25.7 Å². The number of halogens is 1. The minimum Gasteiger partial charge on any atom is -0.385 e. The van der Waals surface area contributed by atoms with Crippen LogP contribution in [-0.4, -0.2) is 51.3 Å². The maximum Gasteiger partial charge on any atom is 0.191 e. The monoisotopic (exact) mass is 503 g/mol. The quantitative estimate of drug-likeness (QED) is 0.211. The molecule has 6 nitrogen and oxygen atoms in total. The van der Waals surface area contributed by atoms with Crippen LogP contribution in [0, 0.1) is 5.41 Å². The number of rotatable bonds is 9. The molecule has 2 aromatic rings. The average molecular weight is 503 g/mol. The van der Waals surface area contributed by atoms with Crippen LogP contribution in [0.3, 0.4) is 0 Å². The number of aromatic nitrogens is 1. The van der Waals surface area contributed by atoms with Gasteiger partial charge in [-0.3, -0.25) is 4.99 Å². The number of methoxy groups -OCH3 is 1. The number of para-hydroxylation sites is 1. The van der Waals surface area contributed by atoms with Gasteiger partial charge >= 0.3 is 0 Å². The molecule has 0 unspecified atom stereocenters. The largest absolute Gasteiger partial charge is 0.385 e. The number of thiazole rings is 1. The number of guanidine groups is 1. The van der Waals surface area contributed by atoms with Crippen LogP contribution in [0.15, 0.2) is 29.3 Å². The zero-order chi connectivity index (χ0) is 18.2. The lowest BCUT2D eigenvalue weighted by molar-refractivity contribution is 0.0732. The predicted molar refractivity (Wildman–Crippen MR) is 126 cm³/mol. The molecule has 1 fully saturated rings.